The SMILES string of the molecule is CCCCCc1ccc(C(F)=C(F)c2ccc(OCC(F)(F)Oc3cc(F)c(F)c(F)c3)cc2)cc1. The molecule has 0 aliphatic carbocycles. The first-order valence-corrected chi connectivity index (χ1v) is 11.2. The molecular formula is C27H23F7O2. The van der Waals surface area contributed by atoms with Crippen LogP contribution in [0.2, 0.25) is 0 Å². The van der Waals surface area contributed by atoms with Gasteiger partial charge in [-0.1, -0.05) is 44.0 Å². The van der Waals surface area contributed by atoms with Crippen LogP contribution in [0.4, 0.5) is 30.7 Å². The van der Waals surface area contributed by atoms with Crippen molar-refractivity contribution in [2.45, 2.75) is 38.7 Å². The molecule has 0 unspecified atom stereocenters. The normalized spacial score (nSPS) is 12.3. The van der Waals surface area contributed by atoms with Crippen molar-refractivity contribution in [3.8, 4) is 11.5 Å². The number of benzene rings is 3. The molecule has 3 aromatic rings. The average Bonchev–Trinajstić information content (AvgIpc) is 2.86. The molecule has 0 amide bonds. The third-order valence-corrected chi connectivity index (χ3v) is 5.21. The second-order valence-corrected chi connectivity index (χ2v) is 8.04. The molecule has 9 heteroatoms. The zero-order chi connectivity index (χ0) is 26.3. The van der Waals surface area contributed by atoms with Crippen LogP contribution in [0.15, 0.2) is 60.7 Å². The maximum atomic E-state index is 14.6. The Kier molecular flexibility index (Phi) is 9.01. The van der Waals surface area contributed by atoms with Crippen LogP contribution in [0.3, 0.4) is 0 Å². The zero-order valence-electron chi connectivity index (χ0n) is 19.3. The minimum atomic E-state index is -4.03. The molecule has 0 saturated carbocycles. The van der Waals surface area contributed by atoms with Crippen molar-refractivity contribution >= 4 is 11.7 Å². The first-order valence-electron chi connectivity index (χ1n) is 11.2. The number of aryl methyl sites for hydroxylation is 1. The Hall–Kier alpha value is -3.49. The molecule has 3 aromatic carbocycles. The largest absolute Gasteiger partial charge is 0.483 e. The van der Waals surface area contributed by atoms with E-state index >= 15 is 0 Å². The van der Waals surface area contributed by atoms with Gasteiger partial charge in [0.25, 0.3) is 0 Å². The van der Waals surface area contributed by atoms with Crippen molar-refractivity contribution < 1.29 is 40.2 Å². The Morgan fingerprint density at radius 2 is 1.28 bits per heavy atom. The van der Waals surface area contributed by atoms with Crippen LogP contribution in [-0.2, 0) is 6.42 Å². The van der Waals surface area contributed by atoms with E-state index in [1.54, 1.807) is 12.1 Å². The van der Waals surface area contributed by atoms with Gasteiger partial charge >= 0.3 is 6.11 Å². The van der Waals surface area contributed by atoms with Crippen LogP contribution >= 0.6 is 0 Å². The lowest BCUT2D eigenvalue weighted by Gasteiger charge is -2.18. The number of ether oxygens (including phenoxy) is 2. The summed E-state index contributed by atoms with van der Waals surface area (Å²) in [7, 11) is 0. The van der Waals surface area contributed by atoms with Crippen molar-refractivity contribution in [3.63, 3.8) is 0 Å². The quantitative estimate of drug-likeness (QED) is 0.111. The third kappa shape index (κ3) is 7.26. The van der Waals surface area contributed by atoms with Gasteiger partial charge in [-0.05, 0) is 42.7 Å². The second kappa shape index (κ2) is 12.0. The lowest BCUT2D eigenvalue weighted by molar-refractivity contribution is -0.195. The van der Waals surface area contributed by atoms with Gasteiger partial charge < -0.3 is 9.47 Å². The summed E-state index contributed by atoms with van der Waals surface area (Å²) in [6.45, 7) is 0.724. The molecule has 2 nitrogen and oxygen atoms in total. The highest BCUT2D eigenvalue weighted by Gasteiger charge is 2.34. The molecule has 0 heterocycles. The van der Waals surface area contributed by atoms with Gasteiger partial charge in [0, 0.05) is 23.3 Å². The van der Waals surface area contributed by atoms with E-state index in [1.807, 2.05) is 0 Å². The third-order valence-electron chi connectivity index (χ3n) is 5.21. The van der Waals surface area contributed by atoms with Crippen LogP contribution in [0.25, 0.3) is 11.7 Å². The minimum absolute atomic E-state index is 0.0672. The topological polar surface area (TPSA) is 18.5 Å². The van der Waals surface area contributed by atoms with E-state index in [9.17, 15) is 30.7 Å². The van der Waals surface area contributed by atoms with Crippen molar-refractivity contribution in [1.82, 2.24) is 0 Å². The van der Waals surface area contributed by atoms with Gasteiger partial charge in [0.2, 0.25) is 0 Å². The second-order valence-electron chi connectivity index (χ2n) is 8.04. The Balaban J connectivity index is 1.62. The minimum Gasteiger partial charge on any atom is -0.483 e. The number of hydrogen-bond donors (Lipinski definition) is 0. The molecular weight excluding hydrogens is 489 g/mol. The highest BCUT2D eigenvalue weighted by Crippen LogP contribution is 2.31. The van der Waals surface area contributed by atoms with Crippen LogP contribution in [-0.4, -0.2) is 12.7 Å². The Morgan fingerprint density at radius 1 is 0.750 bits per heavy atom. The summed E-state index contributed by atoms with van der Waals surface area (Å²) >= 11 is 0. The average molecular weight is 512 g/mol. The van der Waals surface area contributed by atoms with Crippen molar-refractivity contribution in [1.29, 1.82) is 0 Å². The molecule has 0 fully saturated rings. The predicted molar refractivity (Wildman–Crippen MR) is 123 cm³/mol. The molecule has 3 rings (SSSR count). The molecule has 36 heavy (non-hydrogen) atoms. The fraction of sp³-hybridized carbons (Fsp3) is 0.259. The maximum absolute atomic E-state index is 14.6. The molecule has 0 bridgehead atoms. The van der Waals surface area contributed by atoms with Gasteiger partial charge in [-0.3, -0.25) is 0 Å². The van der Waals surface area contributed by atoms with E-state index in [2.05, 4.69) is 11.7 Å². The molecule has 0 N–H and O–H groups in total. The van der Waals surface area contributed by atoms with Crippen molar-refractivity contribution in [2.24, 2.45) is 0 Å². The zero-order valence-corrected chi connectivity index (χ0v) is 19.3. The monoisotopic (exact) mass is 512 g/mol. The fourth-order valence-corrected chi connectivity index (χ4v) is 3.31. The summed E-state index contributed by atoms with van der Waals surface area (Å²) < 4.78 is 106. The smallest absolute Gasteiger partial charge is 0.433 e. The summed E-state index contributed by atoms with van der Waals surface area (Å²) in [5.74, 6) is -8.46. The number of unbranched alkanes of at least 4 members (excludes halogenated alkanes) is 2. The van der Waals surface area contributed by atoms with E-state index < -0.39 is 47.6 Å². The summed E-state index contributed by atoms with van der Waals surface area (Å²) in [4.78, 5) is 0. The standard InChI is InChI=1S/C27H23F7O2/c1-2-3-4-5-17-6-8-18(9-7-17)24(30)25(31)19-10-12-20(13-11-19)35-16-27(33,34)36-21-14-22(28)26(32)23(29)15-21/h6-15H,2-5,16H2,1H3. The van der Waals surface area contributed by atoms with E-state index in [0.717, 1.165) is 55.5 Å². The van der Waals surface area contributed by atoms with Crippen LogP contribution < -0.4 is 9.47 Å². The van der Waals surface area contributed by atoms with E-state index in [-0.39, 0.29) is 29.0 Å². The Morgan fingerprint density at radius 3 is 1.81 bits per heavy atom. The van der Waals surface area contributed by atoms with Crippen LogP contribution in [0, 0.1) is 17.5 Å². The van der Waals surface area contributed by atoms with Crippen LogP contribution in [0.5, 0.6) is 11.5 Å². The van der Waals surface area contributed by atoms with Gasteiger partial charge in [0.1, 0.15) is 11.5 Å². The molecule has 0 spiro atoms. The highest BCUT2D eigenvalue weighted by atomic mass is 19.3. The predicted octanol–water partition coefficient (Wildman–Crippen LogP) is 8.65. The molecule has 0 aromatic heterocycles. The molecule has 0 aliphatic heterocycles. The Labute approximate surface area is 204 Å². The first kappa shape index (κ1) is 27.1. The lowest BCUT2D eigenvalue weighted by atomic mass is 10.0. The highest BCUT2D eigenvalue weighted by molar-refractivity contribution is 5.83. The Bertz CT molecular complexity index is 1170. The maximum Gasteiger partial charge on any atom is 0.433 e. The van der Waals surface area contributed by atoms with E-state index in [4.69, 9.17) is 4.74 Å². The fourth-order valence-electron chi connectivity index (χ4n) is 3.31. The molecule has 0 aliphatic rings. The van der Waals surface area contributed by atoms with Gasteiger partial charge in [0.05, 0.1) is 0 Å². The van der Waals surface area contributed by atoms with E-state index in [1.165, 1.54) is 12.1 Å². The first-order chi connectivity index (χ1) is 17.1. The summed E-state index contributed by atoms with van der Waals surface area (Å²) in [5.41, 5.74) is 0.960. The van der Waals surface area contributed by atoms with Gasteiger partial charge in [0.15, 0.2) is 35.7 Å². The number of halogens is 7. The summed E-state index contributed by atoms with van der Waals surface area (Å²) in [6, 6.07) is 11.6. The van der Waals surface area contributed by atoms with Crippen molar-refractivity contribution in [3.05, 3.63) is 94.8 Å². The van der Waals surface area contributed by atoms with Gasteiger partial charge in [-0.2, -0.15) is 8.78 Å². The molecule has 0 radical (unpaired) electrons. The summed E-state index contributed by atoms with van der Waals surface area (Å²) in [6.07, 6.45) is 0.00122. The molecule has 0 saturated heterocycles. The number of hydrogen-bond acceptors (Lipinski definition) is 2. The van der Waals surface area contributed by atoms with Crippen molar-refractivity contribution in [2.75, 3.05) is 6.61 Å². The lowest BCUT2D eigenvalue weighted by Crippen LogP contribution is -2.32. The summed E-state index contributed by atoms with van der Waals surface area (Å²) in [5, 5.41) is 0. The van der Waals surface area contributed by atoms with Gasteiger partial charge in [-0.15, -0.1) is 0 Å². The van der Waals surface area contributed by atoms with Gasteiger partial charge in [-0.25, -0.2) is 22.0 Å². The molecule has 192 valence electrons. The number of alkyl halides is 2. The van der Waals surface area contributed by atoms with Crippen LogP contribution in [0.1, 0.15) is 42.9 Å². The van der Waals surface area contributed by atoms with E-state index in [0.29, 0.717) is 0 Å². The molecule has 0 atom stereocenters. The number of rotatable bonds is 11.